The minimum absolute atomic E-state index is 0.103. The Morgan fingerprint density at radius 3 is 2.67 bits per heavy atom. The Labute approximate surface area is 141 Å². The summed E-state index contributed by atoms with van der Waals surface area (Å²) in [7, 11) is 0. The average molecular weight is 323 g/mol. The van der Waals surface area contributed by atoms with E-state index in [9.17, 15) is 4.79 Å². The van der Waals surface area contributed by atoms with E-state index in [0.29, 0.717) is 17.1 Å². The van der Waals surface area contributed by atoms with Crippen LogP contribution < -0.4 is 5.32 Å². The SMILES string of the molecule is CCC(C)NC(=O)c1cc(-c2ccco2)nn1-c1ccc(C)cc1. The number of carbonyl (C=O) groups is 1. The van der Waals surface area contributed by atoms with Gasteiger partial charge in [0, 0.05) is 12.1 Å². The maximum atomic E-state index is 12.7. The maximum Gasteiger partial charge on any atom is 0.270 e. The van der Waals surface area contributed by atoms with Crippen molar-refractivity contribution in [3.05, 3.63) is 60.0 Å². The summed E-state index contributed by atoms with van der Waals surface area (Å²) in [6, 6.07) is 13.4. The van der Waals surface area contributed by atoms with Crippen molar-refractivity contribution in [2.75, 3.05) is 0 Å². The van der Waals surface area contributed by atoms with Crippen LogP contribution in [0, 0.1) is 6.92 Å². The molecular weight excluding hydrogens is 302 g/mol. The Bertz CT molecular complexity index is 817. The zero-order valence-corrected chi connectivity index (χ0v) is 14.1. The Hall–Kier alpha value is -2.82. The first-order valence-corrected chi connectivity index (χ1v) is 8.10. The molecule has 0 saturated heterocycles. The van der Waals surface area contributed by atoms with Gasteiger partial charge in [-0.25, -0.2) is 4.68 Å². The van der Waals surface area contributed by atoms with Gasteiger partial charge in [-0.15, -0.1) is 0 Å². The predicted octanol–water partition coefficient (Wildman–Crippen LogP) is 3.97. The van der Waals surface area contributed by atoms with Crippen molar-refractivity contribution in [1.29, 1.82) is 0 Å². The molecule has 0 fully saturated rings. The lowest BCUT2D eigenvalue weighted by molar-refractivity contribution is 0.0931. The number of amides is 1. The van der Waals surface area contributed by atoms with Gasteiger partial charge in [-0.05, 0) is 44.5 Å². The number of nitrogens with zero attached hydrogens (tertiary/aromatic N) is 2. The van der Waals surface area contributed by atoms with E-state index in [-0.39, 0.29) is 11.9 Å². The largest absolute Gasteiger partial charge is 0.463 e. The van der Waals surface area contributed by atoms with Crippen molar-refractivity contribution >= 4 is 5.91 Å². The van der Waals surface area contributed by atoms with Crippen LogP contribution in [-0.4, -0.2) is 21.7 Å². The van der Waals surface area contributed by atoms with E-state index in [1.807, 2.05) is 51.1 Å². The van der Waals surface area contributed by atoms with Gasteiger partial charge < -0.3 is 9.73 Å². The summed E-state index contributed by atoms with van der Waals surface area (Å²) in [5.41, 5.74) is 3.12. The van der Waals surface area contributed by atoms with Gasteiger partial charge in [0.1, 0.15) is 11.4 Å². The third-order valence-corrected chi connectivity index (χ3v) is 3.98. The van der Waals surface area contributed by atoms with Crippen LogP contribution in [0.2, 0.25) is 0 Å². The Kier molecular flexibility index (Phi) is 4.51. The van der Waals surface area contributed by atoms with Crippen LogP contribution in [0.25, 0.3) is 17.1 Å². The van der Waals surface area contributed by atoms with Crippen LogP contribution in [0.4, 0.5) is 0 Å². The zero-order valence-electron chi connectivity index (χ0n) is 14.1. The first-order valence-electron chi connectivity index (χ1n) is 8.10. The van der Waals surface area contributed by atoms with Crippen LogP contribution in [0.5, 0.6) is 0 Å². The molecule has 0 saturated carbocycles. The van der Waals surface area contributed by atoms with Gasteiger partial charge in [0.15, 0.2) is 5.76 Å². The fraction of sp³-hybridized carbons (Fsp3) is 0.263. The van der Waals surface area contributed by atoms with Crippen LogP contribution in [0.15, 0.2) is 53.1 Å². The molecule has 24 heavy (non-hydrogen) atoms. The van der Waals surface area contributed by atoms with E-state index in [1.54, 1.807) is 23.1 Å². The molecule has 0 aliphatic carbocycles. The number of benzene rings is 1. The van der Waals surface area contributed by atoms with E-state index in [2.05, 4.69) is 10.4 Å². The molecule has 0 bridgehead atoms. The Balaban J connectivity index is 2.04. The number of furan rings is 1. The van der Waals surface area contributed by atoms with Crippen molar-refractivity contribution in [2.24, 2.45) is 0 Å². The molecule has 0 radical (unpaired) electrons. The molecule has 1 atom stereocenters. The highest BCUT2D eigenvalue weighted by Gasteiger charge is 2.19. The molecule has 2 aromatic heterocycles. The molecule has 3 rings (SSSR count). The average Bonchev–Trinajstić information content (AvgIpc) is 3.24. The lowest BCUT2D eigenvalue weighted by Gasteiger charge is -2.12. The smallest absolute Gasteiger partial charge is 0.270 e. The maximum absolute atomic E-state index is 12.7. The number of carbonyl (C=O) groups excluding carboxylic acids is 1. The van der Waals surface area contributed by atoms with Crippen LogP contribution in [0.1, 0.15) is 36.3 Å². The second-order valence-electron chi connectivity index (χ2n) is 5.92. The van der Waals surface area contributed by atoms with E-state index in [4.69, 9.17) is 4.42 Å². The number of aryl methyl sites for hydroxylation is 1. The number of hydrogen-bond donors (Lipinski definition) is 1. The molecule has 0 aliphatic heterocycles. The van der Waals surface area contributed by atoms with Crippen molar-refractivity contribution in [1.82, 2.24) is 15.1 Å². The van der Waals surface area contributed by atoms with E-state index < -0.39 is 0 Å². The van der Waals surface area contributed by atoms with Gasteiger partial charge in [0.25, 0.3) is 5.91 Å². The predicted molar refractivity (Wildman–Crippen MR) is 93.2 cm³/mol. The third-order valence-electron chi connectivity index (χ3n) is 3.98. The van der Waals surface area contributed by atoms with Gasteiger partial charge >= 0.3 is 0 Å². The minimum Gasteiger partial charge on any atom is -0.463 e. The van der Waals surface area contributed by atoms with E-state index in [1.165, 1.54) is 0 Å². The molecule has 5 heteroatoms. The summed E-state index contributed by atoms with van der Waals surface area (Å²) < 4.78 is 7.08. The van der Waals surface area contributed by atoms with Gasteiger partial charge in [-0.3, -0.25) is 4.79 Å². The number of hydrogen-bond acceptors (Lipinski definition) is 3. The molecule has 124 valence electrons. The summed E-state index contributed by atoms with van der Waals surface area (Å²) in [5.74, 6) is 0.494. The van der Waals surface area contributed by atoms with Gasteiger partial charge in [0.2, 0.25) is 0 Å². The van der Waals surface area contributed by atoms with Crippen LogP contribution in [0.3, 0.4) is 0 Å². The molecule has 1 unspecified atom stereocenters. The minimum atomic E-state index is -0.143. The first kappa shape index (κ1) is 16.1. The van der Waals surface area contributed by atoms with E-state index in [0.717, 1.165) is 17.7 Å². The Morgan fingerprint density at radius 2 is 2.04 bits per heavy atom. The molecule has 3 aromatic rings. The second-order valence-corrected chi connectivity index (χ2v) is 5.92. The number of aromatic nitrogens is 2. The third kappa shape index (κ3) is 3.25. The summed E-state index contributed by atoms with van der Waals surface area (Å²) >= 11 is 0. The summed E-state index contributed by atoms with van der Waals surface area (Å²) in [6.07, 6.45) is 2.47. The molecule has 0 aliphatic rings. The highest BCUT2D eigenvalue weighted by atomic mass is 16.3. The summed E-state index contributed by atoms with van der Waals surface area (Å²) in [6.45, 7) is 6.05. The first-order chi connectivity index (χ1) is 11.6. The lowest BCUT2D eigenvalue weighted by atomic mass is 10.2. The zero-order chi connectivity index (χ0) is 17.1. The van der Waals surface area contributed by atoms with Crippen molar-refractivity contribution < 1.29 is 9.21 Å². The topological polar surface area (TPSA) is 60.1 Å². The van der Waals surface area contributed by atoms with Gasteiger partial charge in [-0.1, -0.05) is 24.6 Å². The van der Waals surface area contributed by atoms with Crippen molar-refractivity contribution in [3.63, 3.8) is 0 Å². The molecule has 5 nitrogen and oxygen atoms in total. The molecule has 1 aromatic carbocycles. The van der Waals surface area contributed by atoms with Gasteiger partial charge in [0.05, 0.1) is 12.0 Å². The van der Waals surface area contributed by atoms with Crippen LogP contribution >= 0.6 is 0 Å². The van der Waals surface area contributed by atoms with Crippen molar-refractivity contribution in [2.45, 2.75) is 33.2 Å². The molecule has 2 heterocycles. The molecular formula is C19H21N3O2. The molecule has 0 spiro atoms. The lowest BCUT2D eigenvalue weighted by Crippen LogP contribution is -2.33. The fourth-order valence-corrected chi connectivity index (χ4v) is 2.37. The normalized spacial score (nSPS) is 12.1. The monoisotopic (exact) mass is 323 g/mol. The quantitative estimate of drug-likeness (QED) is 0.773. The highest BCUT2D eigenvalue weighted by molar-refractivity contribution is 5.94. The number of nitrogens with one attached hydrogen (secondary N) is 1. The molecule has 1 amide bonds. The molecule has 1 N–H and O–H groups in total. The summed E-state index contributed by atoms with van der Waals surface area (Å²) in [4.78, 5) is 12.7. The second kappa shape index (κ2) is 6.74. The van der Waals surface area contributed by atoms with Gasteiger partial charge in [-0.2, -0.15) is 5.10 Å². The summed E-state index contributed by atoms with van der Waals surface area (Å²) in [5, 5.41) is 7.56. The van der Waals surface area contributed by atoms with Crippen molar-refractivity contribution in [3.8, 4) is 17.1 Å². The van der Waals surface area contributed by atoms with E-state index >= 15 is 0 Å². The fourth-order valence-electron chi connectivity index (χ4n) is 2.37. The standard InChI is InChI=1S/C19H21N3O2/c1-4-14(3)20-19(23)17-12-16(18-6-5-11-24-18)21-22(17)15-9-7-13(2)8-10-15/h5-12,14H,4H2,1-3H3,(H,20,23). The van der Waals surface area contributed by atoms with Crippen LogP contribution in [-0.2, 0) is 0 Å². The Morgan fingerprint density at radius 1 is 1.29 bits per heavy atom. The number of rotatable bonds is 5. The highest BCUT2D eigenvalue weighted by Crippen LogP contribution is 2.22.